The molecule has 0 atom stereocenters. The highest BCUT2D eigenvalue weighted by atomic mass is 32.1. The molecule has 0 bridgehead atoms. The van der Waals surface area contributed by atoms with Gasteiger partial charge in [0, 0.05) is 17.0 Å². The molecule has 0 saturated carbocycles. The molecule has 0 saturated heterocycles. The third-order valence-corrected chi connectivity index (χ3v) is 5.87. The van der Waals surface area contributed by atoms with E-state index < -0.39 is 6.03 Å². The lowest BCUT2D eigenvalue weighted by molar-refractivity contribution is 0.259. The molecule has 0 spiro atoms. The Hall–Kier alpha value is -2.29. The Morgan fingerprint density at radius 2 is 2.16 bits per heavy atom. The van der Waals surface area contributed by atoms with Crippen LogP contribution in [0.15, 0.2) is 24.3 Å². The molecule has 25 heavy (non-hydrogen) atoms. The summed E-state index contributed by atoms with van der Waals surface area (Å²) in [4.78, 5) is 17.3. The van der Waals surface area contributed by atoms with Crippen LogP contribution in [0, 0.1) is 5.41 Å². The van der Waals surface area contributed by atoms with Gasteiger partial charge in [-0.1, -0.05) is 12.1 Å². The number of benzene rings is 1. The second-order valence-corrected chi connectivity index (χ2v) is 7.54. The van der Waals surface area contributed by atoms with Gasteiger partial charge >= 0.3 is 6.03 Å². The van der Waals surface area contributed by atoms with Gasteiger partial charge < -0.3 is 16.5 Å². The summed E-state index contributed by atoms with van der Waals surface area (Å²) in [5.41, 5.74) is 8.64. The highest BCUT2D eigenvalue weighted by molar-refractivity contribution is 7.22. The van der Waals surface area contributed by atoms with Crippen molar-refractivity contribution in [2.24, 2.45) is 5.73 Å². The lowest BCUT2D eigenvalue weighted by atomic mass is 10.0. The topological polar surface area (TPSA) is 104 Å². The number of hydrogen-bond acceptors (Lipinski definition) is 6. The Morgan fingerprint density at radius 3 is 2.88 bits per heavy atom. The number of amides is 2. The fourth-order valence-corrected chi connectivity index (χ4v) is 5.07. The number of carbonyl (C=O) groups excluding carboxylic acids is 1. The molecular formula is C17H19N5OS2. The maximum absolute atomic E-state index is 11.3. The molecular weight excluding hydrogens is 354 g/mol. The van der Waals surface area contributed by atoms with Gasteiger partial charge in [0.15, 0.2) is 0 Å². The van der Waals surface area contributed by atoms with Gasteiger partial charge in [-0.2, -0.15) is 0 Å². The molecule has 0 radical (unpaired) electrons. The number of aromatic nitrogens is 1. The first kappa shape index (κ1) is 17.5. The lowest BCUT2D eigenvalue weighted by Gasteiger charge is -2.13. The van der Waals surface area contributed by atoms with E-state index >= 15 is 0 Å². The number of fused-ring (bicyclic) bond motifs is 2. The average Bonchev–Trinajstić information content (AvgIpc) is 3.14. The van der Waals surface area contributed by atoms with Crippen molar-refractivity contribution in [1.82, 2.24) is 10.3 Å². The minimum Gasteiger partial charge on any atom is -0.351 e. The minimum absolute atomic E-state index is 0.533. The molecule has 1 aliphatic heterocycles. The van der Waals surface area contributed by atoms with E-state index in [-0.39, 0.29) is 0 Å². The molecule has 6 nitrogen and oxygen atoms in total. The van der Waals surface area contributed by atoms with Gasteiger partial charge in [-0.05, 0) is 43.8 Å². The maximum atomic E-state index is 11.3. The maximum Gasteiger partial charge on any atom is 0.317 e. The van der Waals surface area contributed by atoms with Gasteiger partial charge in [-0.3, -0.25) is 5.32 Å². The molecule has 0 unspecified atom stereocenters. The summed E-state index contributed by atoms with van der Waals surface area (Å²) in [6.07, 6.45) is 2.19. The zero-order valence-corrected chi connectivity index (χ0v) is 15.4. The summed E-state index contributed by atoms with van der Waals surface area (Å²) >= 11 is 3.24. The smallest absolute Gasteiger partial charge is 0.317 e. The Kier molecular flexibility index (Phi) is 5.42. The largest absolute Gasteiger partial charge is 0.351 e. The van der Waals surface area contributed by atoms with Crippen LogP contribution in [0.5, 0.6) is 0 Å². The summed E-state index contributed by atoms with van der Waals surface area (Å²) in [5.74, 6) is 0. The Morgan fingerprint density at radius 1 is 1.40 bits per heavy atom. The van der Waals surface area contributed by atoms with Crippen molar-refractivity contribution in [3.05, 3.63) is 34.7 Å². The lowest BCUT2D eigenvalue weighted by Crippen LogP contribution is -2.22. The number of rotatable bonds is 2. The molecule has 3 heterocycles. The second-order valence-electron chi connectivity index (χ2n) is 5.40. The highest BCUT2D eigenvalue weighted by Crippen LogP contribution is 2.44. The van der Waals surface area contributed by atoms with Crippen LogP contribution in [-0.2, 0) is 13.0 Å². The predicted molar refractivity (Wildman–Crippen MR) is 106 cm³/mol. The standard InChI is InChI=1S/C15H14N4OS2.C2H5N/c16-15(20)19-14-12(8-5-6-17-7-11(8)22-14)13-18-9-3-1-2-4-10(9)21-13;1-2-3/h1-4,17H,5-7H2,(H3,16,19,20);2-3H,1H3. The van der Waals surface area contributed by atoms with E-state index in [1.807, 2.05) is 18.2 Å². The van der Waals surface area contributed by atoms with Gasteiger partial charge in [0.1, 0.15) is 10.0 Å². The van der Waals surface area contributed by atoms with Crippen molar-refractivity contribution < 1.29 is 4.79 Å². The fraction of sp³-hybridized carbons (Fsp3) is 0.235. The van der Waals surface area contributed by atoms with Crippen molar-refractivity contribution in [3.8, 4) is 10.6 Å². The van der Waals surface area contributed by atoms with Gasteiger partial charge in [-0.15, -0.1) is 22.7 Å². The second kappa shape index (κ2) is 7.73. The molecule has 1 aromatic carbocycles. The van der Waals surface area contributed by atoms with Crippen LogP contribution in [0.4, 0.5) is 9.80 Å². The molecule has 3 aromatic rings. The molecule has 130 valence electrons. The summed E-state index contributed by atoms with van der Waals surface area (Å²) in [5, 5.41) is 14.0. The first-order valence-electron chi connectivity index (χ1n) is 7.86. The third-order valence-electron chi connectivity index (χ3n) is 3.67. The molecule has 1 aliphatic rings. The van der Waals surface area contributed by atoms with E-state index in [9.17, 15) is 4.79 Å². The fourth-order valence-electron chi connectivity index (χ4n) is 2.74. The van der Waals surface area contributed by atoms with Crippen molar-refractivity contribution in [3.63, 3.8) is 0 Å². The number of nitrogens with two attached hydrogens (primary N) is 1. The van der Waals surface area contributed by atoms with Crippen LogP contribution >= 0.6 is 22.7 Å². The Balaban J connectivity index is 0.000000569. The third kappa shape index (κ3) is 3.71. The van der Waals surface area contributed by atoms with Crippen LogP contribution in [0.2, 0.25) is 0 Å². The quantitative estimate of drug-likeness (QED) is 0.513. The van der Waals surface area contributed by atoms with Gasteiger partial charge in [0.2, 0.25) is 0 Å². The van der Waals surface area contributed by atoms with Crippen LogP contribution < -0.4 is 16.4 Å². The normalized spacial score (nSPS) is 12.8. The molecule has 0 fully saturated rings. The van der Waals surface area contributed by atoms with Crippen molar-refractivity contribution >= 4 is 50.1 Å². The van der Waals surface area contributed by atoms with E-state index in [4.69, 9.17) is 16.1 Å². The number of urea groups is 1. The summed E-state index contributed by atoms with van der Waals surface area (Å²) in [6.45, 7) is 3.44. The number of hydrogen-bond donors (Lipinski definition) is 4. The minimum atomic E-state index is -0.533. The Bertz CT molecular complexity index is 882. The summed E-state index contributed by atoms with van der Waals surface area (Å²) < 4.78 is 1.15. The van der Waals surface area contributed by atoms with E-state index in [1.165, 1.54) is 16.7 Å². The zero-order valence-electron chi connectivity index (χ0n) is 13.8. The molecule has 2 amide bonds. The number of primary amides is 1. The van der Waals surface area contributed by atoms with Crippen molar-refractivity contribution in [2.45, 2.75) is 19.9 Å². The van der Waals surface area contributed by atoms with Crippen LogP contribution in [0.25, 0.3) is 20.8 Å². The van der Waals surface area contributed by atoms with E-state index in [2.05, 4.69) is 16.7 Å². The highest BCUT2D eigenvalue weighted by Gasteiger charge is 2.24. The van der Waals surface area contributed by atoms with E-state index in [0.29, 0.717) is 0 Å². The number of nitrogens with zero attached hydrogens (tertiary/aromatic N) is 1. The number of thiophene rings is 1. The monoisotopic (exact) mass is 373 g/mol. The van der Waals surface area contributed by atoms with E-state index in [1.54, 1.807) is 29.6 Å². The van der Waals surface area contributed by atoms with Crippen LogP contribution in [0.1, 0.15) is 17.4 Å². The number of carbonyl (C=O) groups is 1. The number of nitrogens with one attached hydrogen (secondary N) is 3. The number of thiazole rings is 1. The SMILES string of the molecule is CC=N.NC(=O)Nc1sc2c(c1-c1nc3ccccc3s1)CCNC2. The van der Waals surface area contributed by atoms with E-state index in [0.717, 1.165) is 45.3 Å². The zero-order chi connectivity index (χ0) is 17.8. The van der Waals surface area contributed by atoms with Gasteiger partial charge in [-0.25, -0.2) is 9.78 Å². The summed E-state index contributed by atoms with van der Waals surface area (Å²) in [7, 11) is 0. The molecule has 2 aromatic heterocycles. The first-order valence-corrected chi connectivity index (χ1v) is 9.50. The predicted octanol–water partition coefficient (Wildman–Crippen LogP) is 3.82. The number of anilines is 1. The number of para-hydroxylation sites is 1. The first-order chi connectivity index (χ1) is 12.1. The van der Waals surface area contributed by atoms with Crippen molar-refractivity contribution in [2.75, 3.05) is 11.9 Å². The molecule has 0 aliphatic carbocycles. The molecule has 8 heteroatoms. The molecule has 5 N–H and O–H groups in total. The summed E-state index contributed by atoms with van der Waals surface area (Å²) in [6, 6.07) is 7.55. The van der Waals surface area contributed by atoms with Crippen LogP contribution in [0.3, 0.4) is 0 Å². The van der Waals surface area contributed by atoms with Gasteiger partial charge in [0.25, 0.3) is 0 Å². The molecule has 4 rings (SSSR count). The van der Waals surface area contributed by atoms with Crippen molar-refractivity contribution in [1.29, 1.82) is 5.41 Å². The average molecular weight is 374 g/mol. The van der Waals surface area contributed by atoms with Gasteiger partial charge in [0.05, 0.1) is 10.2 Å². The Labute approximate surface area is 153 Å². The van der Waals surface area contributed by atoms with Crippen LogP contribution in [-0.4, -0.2) is 23.8 Å².